The van der Waals surface area contributed by atoms with E-state index in [1.54, 1.807) is 6.26 Å². The number of hydrogen-bond acceptors (Lipinski definition) is 2. The second-order valence-electron chi connectivity index (χ2n) is 5.52. The van der Waals surface area contributed by atoms with Crippen molar-refractivity contribution in [3.8, 4) is 0 Å². The van der Waals surface area contributed by atoms with Crippen molar-refractivity contribution in [2.45, 2.75) is 37.7 Å². The van der Waals surface area contributed by atoms with Crippen LogP contribution < -0.4 is 0 Å². The molecule has 0 spiro atoms. The molecule has 1 aromatic carbocycles. The van der Waals surface area contributed by atoms with Crippen LogP contribution >= 0.6 is 11.8 Å². The Morgan fingerprint density at radius 2 is 1.72 bits per heavy atom. The van der Waals surface area contributed by atoms with Crippen molar-refractivity contribution in [3.63, 3.8) is 0 Å². The first kappa shape index (κ1) is 13.3. The molecule has 1 nitrogen and oxygen atoms in total. The van der Waals surface area contributed by atoms with Crippen molar-refractivity contribution in [1.82, 2.24) is 0 Å². The Bertz CT molecular complexity index is 463. The highest BCUT2D eigenvalue weighted by atomic mass is 32.2. The Morgan fingerprint density at radius 1 is 1.00 bits per heavy atom. The molecule has 2 heteroatoms. The van der Waals surface area contributed by atoms with Crippen LogP contribution in [0.1, 0.15) is 37.7 Å². The Hall–Kier alpha value is -1.15. The van der Waals surface area contributed by atoms with Gasteiger partial charge >= 0.3 is 0 Å². The summed E-state index contributed by atoms with van der Waals surface area (Å²) in [5.74, 6) is 3.02. The van der Waals surface area contributed by atoms with Crippen molar-refractivity contribution >= 4 is 11.8 Å². The second kappa shape index (κ2) is 5.66. The van der Waals surface area contributed by atoms with Gasteiger partial charge in [0.15, 0.2) is 0 Å². The van der Waals surface area contributed by atoms with E-state index in [1.165, 1.54) is 11.1 Å². The lowest BCUT2D eigenvalue weighted by Gasteiger charge is -2.19. The Labute approximate surface area is 114 Å². The second-order valence-corrected chi connectivity index (χ2v) is 6.50. The fourth-order valence-electron chi connectivity index (χ4n) is 1.77. The van der Waals surface area contributed by atoms with E-state index >= 15 is 0 Å². The third-order valence-corrected chi connectivity index (χ3v) is 3.94. The Balaban J connectivity index is 1.87. The smallest absolute Gasteiger partial charge is 0.113 e. The minimum atomic E-state index is 0.236. The molecule has 0 fully saturated rings. The van der Waals surface area contributed by atoms with Gasteiger partial charge < -0.3 is 4.42 Å². The van der Waals surface area contributed by atoms with Gasteiger partial charge in [-0.25, -0.2) is 0 Å². The lowest BCUT2D eigenvalue weighted by molar-refractivity contribution is 0.530. The molecule has 2 rings (SSSR count). The Morgan fingerprint density at radius 3 is 2.28 bits per heavy atom. The van der Waals surface area contributed by atoms with Crippen molar-refractivity contribution in [2.24, 2.45) is 0 Å². The molecule has 2 aromatic rings. The fraction of sp³-hybridized carbons (Fsp3) is 0.375. The summed E-state index contributed by atoms with van der Waals surface area (Å²) in [6.45, 7) is 6.73. The van der Waals surface area contributed by atoms with E-state index in [-0.39, 0.29) is 5.41 Å². The molecule has 0 aliphatic carbocycles. The molecule has 1 heterocycles. The summed E-state index contributed by atoms with van der Waals surface area (Å²) in [5.41, 5.74) is 3.00. The van der Waals surface area contributed by atoms with E-state index in [4.69, 9.17) is 4.42 Å². The van der Waals surface area contributed by atoms with E-state index in [9.17, 15) is 0 Å². The molecule has 0 aliphatic heterocycles. The van der Waals surface area contributed by atoms with E-state index in [0.717, 1.165) is 17.3 Å². The van der Waals surface area contributed by atoms with Crippen LogP contribution in [0.25, 0.3) is 0 Å². The molecule has 0 saturated heterocycles. The maximum Gasteiger partial charge on any atom is 0.113 e. The van der Waals surface area contributed by atoms with Gasteiger partial charge in [-0.15, -0.1) is 11.8 Å². The van der Waals surface area contributed by atoms with Gasteiger partial charge in [0.25, 0.3) is 0 Å². The molecule has 0 aliphatic rings. The Kier molecular flexibility index (Phi) is 4.18. The fourth-order valence-corrected chi connectivity index (χ4v) is 2.66. The molecule has 0 N–H and O–H groups in total. The van der Waals surface area contributed by atoms with Gasteiger partial charge in [0, 0.05) is 5.75 Å². The zero-order valence-electron chi connectivity index (χ0n) is 11.3. The SMILES string of the molecule is CC(C)(C)c1ccc(CSCc2ccco2)cc1. The minimum absolute atomic E-state index is 0.236. The maximum atomic E-state index is 5.31. The quantitative estimate of drug-likeness (QED) is 0.766. The van der Waals surface area contributed by atoms with Gasteiger partial charge in [0.1, 0.15) is 5.76 Å². The summed E-state index contributed by atoms with van der Waals surface area (Å²) >= 11 is 1.88. The summed E-state index contributed by atoms with van der Waals surface area (Å²) in [6.07, 6.45) is 1.73. The molecular formula is C16H20OS. The first-order chi connectivity index (χ1) is 8.55. The number of rotatable bonds is 4. The van der Waals surface area contributed by atoms with E-state index in [1.807, 2.05) is 23.9 Å². The zero-order valence-corrected chi connectivity index (χ0v) is 12.1. The maximum absolute atomic E-state index is 5.31. The molecule has 96 valence electrons. The highest BCUT2D eigenvalue weighted by Crippen LogP contribution is 2.24. The number of furan rings is 1. The summed E-state index contributed by atoms with van der Waals surface area (Å²) in [6, 6.07) is 12.9. The summed E-state index contributed by atoms with van der Waals surface area (Å²) in [4.78, 5) is 0. The van der Waals surface area contributed by atoms with Gasteiger partial charge in [0.2, 0.25) is 0 Å². The van der Waals surface area contributed by atoms with Crippen LogP contribution in [0.2, 0.25) is 0 Å². The van der Waals surface area contributed by atoms with Crippen LogP contribution in [0, 0.1) is 0 Å². The number of thioether (sulfide) groups is 1. The van der Waals surface area contributed by atoms with Gasteiger partial charge in [0.05, 0.1) is 12.0 Å². The number of hydrogen-bond donors (Lipinski definition) is 0. The topological polar surface area (TPSA) is 13.1 Å². The van der Waals surface area contributed by atoms with Crippen molar-refractivity contribution in [1.29, 1.82) is 0 Å². The summed E-state index contributed by atoms with van der Waals surface area (Å²) < 4.78 is 5.31. The van der Waals surface area contributed by atoms with Gasteiger partial charge in [-0.1, -0.05) is 45.0 Å². The molecule has 0 saturated carbocycles. The molecular weight excluding hydrogens is 240 g/mol. The monoisotopic (exact) mass is 260 g/mol. The zero-order chi connectivity index (χ0) is 13.0. The van der Waals surface area contributed by atoms with Crippen LogP contribution in [-0.2, 0) is 16.9 Å². The third kappa shape index (κ3) is 3.67. The van der Waals surface area contributed by atoms with Crippen LogP contribution in [0.3, 0.4) is 0 Å². The van der Waals surface area contributed by atoms with Gasteiger partial charge in [-0.3, -0.25) is 0 Å². The third-order valence-electron chi connectivity index (χ3n) is 2.91. The van der Waals surface area contributed by atoms with Crippen LogP contribution in [0.5, 0.6) is 0 Å². The standard InChI is InChI=1S/C16H20OS/c1-16(2,3)14-8-6-13(7-9-14)11-18-12-15-5-4-10-17-15/h4-10H,11-12H2,1-3H3. The van der Waals surface area contributed by atoms with Crippen LogP contribution in [0.15, 0.2) is 47.1 Å². The largest absolute Gasteiger partial charge is 0.468 e. The molecule has 0 bridgehead atoms. The molecule has 0 radical (unpaired) electrons. The normalized spacial score (nSPS) is 11.7. The average molecular weight is 260 g/mol. The predicted octanol–water partition coefficient (Wildman–Crippen LogP) is 5.01. The van der Waals surface area contributed by atoms with E-state index in [2.05, 4.69) is 45.0 Å². The highest BCUT2D eigenvalue weighted by Gasteiger charge is 2.12. The summed E-state index contributed by atoms with van der Waals surface area (Å²) in [5, 5.41) is 0. The first-order valence-corrected chi connectivity index (χ1v) is 7.41. The summed E-state index contributed by atoms with van der Waals surface area (Å²) in [7, 11) is 0. The minimum Gasteiger partial charge on any atom is -0.468 e. The average Bonchev–Trinajstić information content (AvgIpc) is 2.82. The lowest BCUT2D eigenvalue weighted by atomic mass is 9.87. The van der Waals surface area contributed by atoms with Crippen molar-refractivity contribution in [3.05, 3.63) is 59.5 Å². The van der Waals surface area contributed by atoms with Gasteiger partial charge in [-0.05, 0) is 28.7 Å². The number of benzene rings is 1. The molecule has 1 aromatic heterocycles. The van der Waals surface area contributed by atoms with E-state index in [0.29, 0.717) is 0 Å². The van der Waals surface area contributed by atoms with Crippen molar-refractivity contribution in [2.75, 3.05) is 0 Å². The predicted molar refractivity (Wildman–Crippen MR) is 78.8 cm³/mol. The van der Waals surface area contributed by atoms with Crippen LogP contribution in [-0.4, -0.2) is 0 Å². The van der Waals surface area contributed by atoms with Gasteiger partial charge in [-0.2, -0.15) is 0 Å². The van der Waals surface area contributed by atoms with E-state index < -0.39 is 0 Å². The first-order valence-electron chi connectivity index (χ1n) is 6.25. The van der Waals surface area contributed by atoms with Crippen LogP contribution in [0.4, 0.5) is 0 Å². The molecule has 0 amide bonds. The molecule has 18 heavy (non-hydrogen) atoms. The van der Waals surface area contributed by atoms with Crippen molar-refractivity contribution < 1.29 is 4.42 Å². The molecule has 0 atom stereocenters. The highest BCUT2D eigenvalue weighted by molar-refractivity contribution is 7.97. The molecule has 0 unspecified atom stereocenters. The lowest BCUT2D eigenvalue weighted by Crippen LogP contribution is -2.10.